The van der Waals surface area contributed by atoms with Gasteiger partial charge in [0.15, 0.2) is 6.23 Å². The van der Waals surface area contributed by atoms with Gasteiger partial charge in [-0.3, -0.25) is 9.09 Å². The first-order valence-corrected chi connectivity index (χ1v) is 13.7. The molecule has 1 aromatic rings. The van der Waals surface area contributed by atoms with E-state index in [4.69, 9.17) is 25.2 Å². The quantitative estimate of drug-likeness (QED) is 0.150. The van der Waals surface area contributed by atoms with Crippen molar-refractivity contribution in [1.82, 2.24) is 9.55 Å². The first kappa shape index (κ1) is 27.4. The Labute approximate surface area is 191 Å². The Balaban J connectivity index is 2.27. The van der Waals surface area contributed by atoms with Crippen LogP contribution in [0.5, 0.6) is 0 Å². The van der Waals surface area contributed by atoms with Crippen molar-refractivity contribution in [3.63, 3.8) is 0 Å². The highest BCUT2D eigenvalue weighted by Gasteiger charge is 2.64. The number of hydrogen-bond donors (Lipinski definition) is 5. The molecule has 6 N–H and O–H groups in total. The zero-order chi connectivity index (χ0) is 24.8. The van der Waals surface area contributed by atoms with E-state index >= 15 is 4.39 Å². The van der Waals surface area contributed by atoms with E-state index in [0.717, 1.165) is 10.8 Å². The number of nitrogen functional groups attached to an aromatic ring is 1. The fraction of sp³-hybridized carbons (Fsp3) is 0.545. The number of ether oxygens (including phenoxy) is 1. The van der Waals surface area contributed by atoms with Gasteiger partial charge in [-0.15, -0.1) is 0 Å². The van der Waals surface area contributed by atoms with Crippen LogP contribution in [0.2, 0.25) is 0 Å². The molecule has 6 atom stereocenters. The maximum atomic E-state index is 15.5. The minimum atomic E-state index is -5.82. The predicted octanol–water partition coefficient (Wildman–Crippen LogP) is 0.697. The second-order valence-electron chi connectivity index (χ2n) is 6.42. The predicted molar refractivity (Wildman–Crippen MR) is 108 cm³/mol. The van der Waals surface area contributed by atoms with Crippen molar-refractivity contribution in [2.24, 2.45) is 5.41 Å². The van der Waals surface area contributed by atoms with Gasteiger partial charge in [0.1, 0.15) is 17.8 Å². The topological polar surface area (TPSA) is 254 Å². The molecule has 1 fully saturated rings. The number of phosphoric ester groups is 1. The standard InChI is InChI=1S/C11H15FIN4O12P3/c1-10(4-14)7(13)11(12,27-8(10)17-3-2-6(15)16-9(17)18)5-26-31(22,23)29-32(24,25)28-30(19,20)21/h2-3,7-8H,5H2,1H3,(H,22,23)(H,24,25)(H2,15,16,18)(H2,19,20,21)/t7?,8-,10-,11-/m1/s1. The summed E-state index contributed by atoms with van der Waals surface area (Å²) in [5, 5.41) is 9.60. The molecule has 2 rings (SSSR count). The summed E-state index contributed by atoms with van der Waals surface area (Å²) in [6.45, 7) is -0.251. The first-order valence-electron chi connectivity index (χ1n) is 7.89. The monoisotopic (exact) mass is 634 g/mol. The van der Waals surface area contributed by atoms with E-state index in [1.165, 1.54) is 35.6 Å². The van der Waals surface area contributed by atoms with Gasteiger partial charge in [0.05, 0.1) is 9.99 Å². The second kappa shape index (κ2) is 9.10. The van der Waals surface area contributed by atoms with E-state index in [1.54, 1.807) is 6.07 Å². The summed E-state index contributed by atoms with van der Waals surface area (Å²) in [4.78, 5) is 51.2. The van der Waals surface area contributed by atoms with E-state index in [9.17, 15) is 28.6 Å². The van der Waals surface area contributed by atoms with E-state index in [-0.39, 0.29) is 5.82 Å². The molecule has 0 radical (unpaired) electrons. The Hall–Kier alpha value is -0.800. The minimum absolute atomic E-state index is 0.159. The number of nitrogens with two attached hydrogens (primary N) is 1. The van der Waals surface area contributed by atoms with Crippen LogP contribution in [-0.4, -0.2) is 45.5 Å². The fourth-order valence-electron chi connectivity index (χ4n) is 2.58. The van der Waals surface area contributed by atoms with Gasteiger partial charge in [-0.05, 0) is 13.0 Å². The van der Waals surface area contributed by atoms with Crippen LogP contribution >= 0.6 is 46.1 Å². The smallest absolute Gasteiger partial charge is 0.383 e. The van der Waals surface area contributed by atoms with Gasteiger partial charge >= 0.3 is 29.2 Å². The molecule has 21 heteroatoms. The highest BCUT2D eigenvalue weighted by molar-refractivity contribution is 14.1. The van der Waals surface area contributed by atoms with E-state index in [0.29, 0.717) is 0 Å². The van der Waals surface area contributed by atoms with Crippen LogP contribution in [0.15, 0.2) is 17.1 Å². The number of halogens is 2. The Morgan fingerprint density at radius 3 is 2.44 bits per heavy atom. The van der Waals surface area contributed by atoms with Crippen LogP contribution in [0.3, 0.4) is 0 Å². The van der Waals surface area contributed by atoms with Gasteiger partial charge in [-0.25, -0.2) is 22.9 Å². The summed E-state index contributed by atoms with van der Waals surface area (Å²) in [7, 11) is -17.1. The van der Waals surface area contributed by atoms with Gasteiger partial charge in [-0.2, -0.15) is 18.9 Å². The molecule has 1 aromatic heterocycles. The SMILES string of the molecule is C[C@@]1(C#N)C(I)[C@@](F)(COP(=O)(O)OP(=O)(O)OP(=O)(O)O)O[C@H]1n1ccc(N)nc1=O. The molecule has 0 spiro atoms. The van der Waals surface area contributed by atoms with Crippen molar-refractivity contribution < 1.29 is 55.5 Å². The fourth-order valence-corrected chi connectivity index (χ4v) is 6.39. The number of anilines is 1. The number of phosphoric acid groups is 3. The molecule has 0 aromatic carbocycles. The van der Waals surface area contributed by atoms with Crippen LogP contribution in [0.25, 0.3) is 0 Å². The summed E-state index contributed by atoms with van der Waals surface area (Å²) in [5.41, 5.74) is 2.63. The number of rotatable bonds is 8. The minimum Gasteiger partial charge on any atom is -0.383 e. The highest BCUT2D eigenvalue weighted by atomic mass is 127. The third-order valence-electron chi connectivity index (χ3n) is 3.91. The molecule has 2 heterocycles. The van der Waals surface area contributed by atoms with Crippen molar-refractivity contribution in [1.29, 1.82) is 5.26 Å². The zero-order valence-electron chi connectivity index (χ0n) is 15.6. The van der Waals surface area contributed by atoms with Crippen LogP contribution in [0.4, 0.5) is 10.2 Å². The Bertz CT molecular complexity index is 1140. The summed E-state index contributed by atoms with van der Waals surface area (Å²) in [5.74, 6) is -3.20. The second-order valence-corrected chi connectivity index (χ2v) is 12.1. The van der Waals surface area contributed by atoms with Gasteiger partial charge in [-0.1, -0.05) is 22.6 Å². The number of nitriles is 1. The van der Waals surface area contributed by atoms with Gasteiger partial charge in [0.25, 0.3) is 0 Å². The zero-order valence-corrected chi connectivity index (χ0v) is 20.4. The lowest BCUT2D eigenvalue weighted by molar-refractivity contribution is -0.175. The largest absolute Gasteiger partial charge is 0.490 e. The molecule has 16 nitrogen and oxygen atoms in total. The number of aromatic nitrogens is 2. The van der Waals surface area contributed by atoms with Gasteiger partial charge in [0.2, 0.25) is 5.85 Å². The molecule has 0 saturated carbocycles. The lowest BCUT2D eigenvalue weighted by atomic mass is 9.86. The van der Waals surface area contributed by atoms with E-state index < -0.39 is 57.2 Å². The number of hydrogen-bond acceptors (Lipinski definition) is 11. The van der Waals surface area contributed by atoms with Crippen LogP contribution in [-0.2, 0) is 31.6 Å². The Morgan fingerprint density at radius 1 is 1.34 bits per heavy atom. The van der Waals surface area contributed by atoms with Crippen molar-refractivity contribution in [2.45, 2.75) is 22.9 Å². The maximum Gasteiger partial charge on any atom is 0.490 e. The van der Waals surface area contributed by atoms with Crippen LogP contribution in [0, 0.1) is 16.7 Å². The molecule has 0 aliphatic carbocycles. The first-order chi connectivity index (χ1) is 14.3. The highest BCUT2D eigenvalue weighted by Crippen LogP contribution is 2.67. The molecular weight excluding hydrogens is 619 g/mol. The summed E-state index contributed by atoms with van der Waals surface area (Å²) in [6, 6.07) is 2.97. The van der Waals surface area contributed by atoms with Crippen molar-refractivity contribution in [3.05, 3.63) is 22.7 Å². The van der Waals surface area contributed by atoms with Crippen molar-refractivity contribution in [3.8, 4) is 6.07 Å². The summed E-state index contributed by atoms with van der Waals surface area (Å²) >= 11 is 1.44. The molecule has 1 aliphatic heterocycles. The Kier molecular flexibility index (Phi) is 7.80. The maximum absolute atomic E-state index is 15.5. The summed E-state index contributed by atoms with van der Waals surface area (Å²) < 4.78 is 65.2. The normalized spacial score (nSPS) is 32.1. The van der Waals surface area contributed by atoms with Crippen molar-refractivity contribution in [2.75, 3.05) is 12.3 Å². The molecule has 0 bridgehead atoms. The van der Waals surface area contributed by atoms with Crippen LogP contribution < -0.4 is 11.4 Å². The van der Waals surface area contributed by atoms with Gasteiger partial charge < -0.3 is 30.0 Å². The molecule has 32 heavy (non-hydrogen) atoms. The Morgan fingerprint density at radius 2 is 1.94 bits per heavy atom. The lowest BCUT2D eigenvalue weighted by Crippen LogP contribution is -2.40. The van der Waals surface area contributed by atoms with E-state index in [1.807, 2.05) is 0 Å². The van der Waals surface area contributed by atoms with Crippen molar-refractivity contribution >= 4 is 51.9 Å². The molecule has 1 aliphatic rings. The van der Waals surface area contributed by atoms with E-state index in [2.05, 4.69) is 18.1 Å². The molecular formula is C11H15FIN4O12P3. The molecule has 3 unspecified atom stereocenters. The molecule has 180 valence electrons. The van der Waals surface area contributed by atoms with Crippen LogP contribution in [0.1, 0.15) is 13.2 Å². The number of nitrogens with zero attached hydrogens (tertiary/aromatic N) is 3. The summed E-state index contributed by atoms with van der Waals surface area (Å²) in [6.07, 6.45) is -0.521. The average Bonchev–Trinajstić information content (AvgIpc) is 2.80. The molecule has 1 saturated heterocycles. The van der Waals surface area contributed by atoms with Gasteiger partial charge in [0, 0.05) is 6.20 Å². The molecule has 0 amide bonds. The average molecular weight is 634 g/mol. The number of alkyl halides is 2. The third-order valence-corrected chi connectivity index (χ3v) is 9.92. The third kappa shape index (κ3) is 6.20. The lowest BCUT2D eigenvalue weighted by Gasteiger charge is -2.26.